The summed E-state index contributed by atoms with van der Waals surface area (Å²) >= 11 is 0. The van der Waals surface area contributed by atoms with Crippen LogP contribution in [-0.2, 0) is 9.47 Å². The summed E-state index contributed by atoms with van der Waals surface area (Å²) in [6.07, 6.45) is 1.97. The summed E-state index contributed by atoms with van der Waals surface area (Å²) in [6, 6.07) is 0. The van der Waals surface area contributed by atoms with Crippen molar-refractivity contribution in [1.82, 2.24) is 0 Å². The Balaban J connectivity index is 2.35. The summed E-state index contributed by atoms with van der Waals surface area (Å²) in [5.41, 5.74) is 0. The maximum Gasteiger partial charge on any atom is 0.163 e. The van der Waals surface area contributed by atoms with E-state index in [1.807, 2.05) is 20.8 Å². The molecule has 14 heavy (non-hydrogen) atoms. The van der Waals surface area contributed by atoms with Crippen LogP contribution in [0.5, 0.6) is 0 Å². The molecule has 1 aliphatic rings. The zero-order valence-corrected chi connectivity index (χ0v) is 9.19. The van der Waals surface area contributed by atoms with Crippen LogP contribution in [0, 0.1) is 5.92 Å². The van der Waals surface area contributed by atoms with E-state index < -0.39 is 11.9 Å². The lowest BCUT2D eigenvalue weighted by Crippen LogP contribution is -2.26. The Hall–Kier alpha value is -0.380. The largest absolute Gasteiger partial charge is 0.392 e. The molecule has 3 heteroatoms. The number of ether oxygens (including phenoxy) is 2. The first-order chi connectivity index (χ1) is 6.44. The van der Waals surface area contributed by atoms with Gasteiger partial charge in [-0.3, -0.25) is 0 Å². The molecule has 0 spiro atoms. The SMILES string of the molecule is C=C[C@@H](C)[C@@H](O)C[C@H]1COC(C)(C)O1. The number of aliphatic hydroxyl groups is 1. The number of hydrogen-bond donors (Lipinski definition) is 1. The average molecular weight is 200 g/mol. The molecule has 0 aromatic heterocycles. The van der Waals surface area contributed by atoms with Gasteiger partial charge in [0, 0.05) is 6.42 Å². The van der Waals surface area contributed by atoms with Gasteiger partial charge >= 0.3 is 0 Å². The van der Waals surface area contributed by atoms with Crippen molar-refractivity contribution >= 4 is 0 Å². The summed E-state index contributed by atoms with van der Waals surface area (Å²) in [5, 5.41) is 9.74. The predicted molar refractivity (Wildman–Crippen MR) is 54.9 cm³/mol. The second kappa shape index (κ2) is 4.43. The summed E-state index contributed by atoms with van der Waals surface area (Å²) in [6.45, 7) is 9.93. The molecule has 1 aliphatic heterocycles. The zero-order chi connectivity index (χ0) is 10.8. The zero-order valence-electron chi connectivity index (χ0n) is 9.19. The first-order valence-corrected chi connectivity index (χ1v) is 5.07. The van der Waals surface area contributed by atoms with Crippen molar-refractivity contribution in [2.45, 2.75) is 45.2 Å². The minimum absolute atomic E-state index is 0.00222. The summed E-state index contributed by atoms with van der Waals surface area (Å²) in [7, 11) is 0. The van der Waals surface area contributed by atoms with Gasteiger partial charge in [-0.05, 0) is 19.8 Å². The quantitative estimate of drug-likeness (QED) is 0.702. The van der Waals surface area contributed by atoms with Crippen molar-refractivity contribution in [3.8, 4) is 0 Å². The molecule has 1 N–H and O–H groups in total. The van der Waals surface area contributed by atoms with Crippen LogP contribution in [0.2, 0.25) is 0 Å². The normalized spacial score (nSPS) is 29.9. The van der Waals surface area contributed by atoms with Gasteiger partial charge in [-0.15, -0.1) is 6.58 Å². The fourth-order valence-corrected chi connectivity index (χ4v) is 1.52. The van der Waals surface area contributed by atoms with E-state index in [-0.39, 0.29) is 12.0 Å². The monoisotopic (exact) mass is 200 g/mol. The summed E-state index contributed by atoms with van der Waals surface area (Å²) in [5.74, 6) is -0.399. The molecule has 0 aliphatic carbocycles. The Morgan fingerprint density at radius 3 is 2.71 bits per heavy atom. The third kappa shape index (κ3) is 3.08. The number of aliphatic hydroxyl groups excluding tert-OH is 1. The molecule has 3 atom stereocenters. The second-order valence-corrected chi connectivity index (χ2v) is 4.35. The molecule has 0 saturated carbocycles. The van der Waals surface area contributed by atoms with Crippen LogP contribution in [-0.4, -0.2) is 29.7 Å². The molecule has 1 fully saturated rings. The van der Waals surface area contributed by atoms with Gasteiger partial charge in [0.05, 0.1) is 18.8 Å². The van der Waals surface area contributed by atoms with Crippen molar-refractivity contribution in [2.75, 3.05) is 6.61 Å². The second-order valence-electron chi connectivity index (χ2n) is 4.35. The van der Waals surface area contributed by atoms with E-state index in [0.717, 1.165) is 0 Å². The van der Waals surface area contributed by atoms with E-state index in [0.29, 0.717) is 13.0 Å². The number of rotatable bonds is 4. The van der Waals surface area contributed by atoms with Crippen LogP contribution in [0.15, 0.2) is 12.7 Å². The highest BCUT2D eigenvalue weighted by Gasteiger charge is 2.34. The predicted octanol–water partition coefficient (Wildman–Crippen LogP) is 1.71. The molecule has 0 amide bonds. The van der Waals surface area contributed by atoms with Crippen LogP contribution < -0.4 is 0 Å². The van der Waals surface area contributed by atoms with Crippen LogP contribution in [0.4, 0.5) is 0 Å². The molecule has 0 bridgehead atoms. The van der Waals surface area contributed by atoms with Crippen molar-refractivity contribution in [1.29, 1.82) is 0 Å². The van der Waals surface area contributed by atoms with Crippen LogP contribution >= 0.6 is 0 Å². The Labute approximate surface area is 85.7 Å². The van der Waals surface area contributed by atoms with Crippen LogP contribution in [0.25, 0.3) is 0 Å². The molecular weight excluding hydrogens is 180 g/mol. The molecule has 0 radical (unpaired) electrons. The standard InChI is InChI=1S/C11H20O3/c1-5-8(2)10(12)6-9-7-13-11(3,4)14-9/h5,8-10,12H,1,6-7H2,2-4H3/t8-,9+,10+/m1/s1. The molecule has 0 aromatic rings. The first kappa shape index (κ1) is 11.7. The third-order valence-corrected chi connectivity index (χ3v) is 2.55. The van der Waals surface area contributed by atoms with Gasteiger partial charge < -0.3 is 14.6 Å². The van der Waals surface area contributed by atoms with E-state index in [1.54, 1.807) is 6.08 Å². The van der Waals surface area contributed by atoms with Gasteiger partial charge in [-0.1, -0.05) is 13.0 Å². The van der Waals surface area contributed by atoms with Gasteiger partial charge in [-0.2, -0.15) is 0 Å². The molecule has 3 nitrogen and oxygen atoms in total. The maximum absolute atomic E-state index is 9.74. The molecule has 1 saturated heterocycles. The lowest BCUT2D eigenvalue weighted by atomic mass is 10.00. The summed E-state index contributed by atoms with van der Waals surface area (Å²) < 4.78 is 11.0. The Bertz CT molecular complexity index is 201. The van der Waals surface area contributed by atoms with Gasteiger partial charge in [0.25, 0.3) is 0 Å². The number of hydrogen-bond acceptors (Lipinski definition) is 3. The molecular formula is C11H20O3. The van der Waals surface area contributed by atoms with Gasteiger partial charge in [0.2, 0.25) is 0 Å². The lowest BCUT2D eigenvalue weighted by molar-refractivity contribution is -0.141. The molecule has 82 valence electrons. The molecule has 1 rings (SSSR count). The highest BCUT2D eigenvalue weighted by molar-refractivity contribution is 4.84. The van der Waals surface area contributed by atoms with Gasteiger partial charge in [0.1, 0.15) is 0 Å². The Morgan fingerprint density at radius 1 is 1.64 bits per heavy atom. The Morgan fingerprint density at radius 2 is 2.29 bits per heavy atom. The third-order valence-electron chi connectivity index (χ3n) is 2.55. The van der Waals surface area contributed by atoms with Crippen LogP contribution in [0.1, 0.15) is 27.2 Å². The molecule has 0 unspecified atom stereocenters. The fourth-order valence-electron chi connectivity index (χ4n) is 1.52. The summed E-state index contributed by atoms with van der Waals surface area (Å²) in [4.78, 5) is 0. The van der Waals surface area contributed by atoms with E-state index in [1.165, 1.54) is 0 Å². The minimum atomic E-state index is -0.498. The van der Waals surface area contributed by atoms with Crippen molar-refractivity contribution < 1.29 is 14.6 Å². The molecule has 0 aromatic carbocycles. The van der Waals surface area contributed by atoms with Crippen LogP contribution in [0.3, 0.4) is 0 Å². The van der Waals surface area contributed by atoms with E-state index in [2.05, 4.69) is 6.58 Å². The highest BCUT2D eigenvalue weighted by Crippen LogP contribution is 2.26. The average Bonchev–Trinajstić information content (AvgIpc) is 2.44. The van der Waals surface area contributed by atoms with Crippen molar-refractivity contribution in [2.24, 2.45) is 5.92 Å². The minimum Gasteiger partial charge on any atom is -0.392 e. The van der Waals surface area contributed by atoms with E-state index in [4.69, 9.17) is 9.47 Å². The Kier molecular flexibility index (Phi) is 3.70. The molecule has 1 heterocycles. The topological polar surface area (TPSA) is 38.7 Å². The smallest absolute Gasteiger partial charge is 0.163 e. The van der Waals surface area contributed by atoms with Crippen molar-refractivity contribution in [3.05, 3.63) is 12.7 Å². The van der Waals surface area contributed by atoms with E-state index in [9.17, 15) is 5.11 Å². The van der Waals surface area contributed by atoms with Crippen molar-refractivity contribution in [3.63, 3.8) is 0 Å². The fraction of sp³-hybridized carbons (Fsp3) is 0.818. The maximum atomic E-state index is 9.74. The van der Waals surface area contributed by atoms with E-state index >= 15 is 0 Å². The first-order valence-electron chi connectivity index (χ1n) is 5.07. The highest BCUT2D eigenvalue weighted by atomic mass is 16.7. The van der Waals surface area contributed by atoms with Gasteiger partial charge in [0.15, 0.2) is 5.79 Å². The lowest BCUT2D eigenvalue weighted by Gasteiger charge is -2.20. The van der Waals surface area contributed by atoms with Gasteiger partial charge in [-0.25, -0.2) is 0 Å².